The zero-order chi connectivity index (χ0) is 16.0. The Bertz CT molecular complexity index is 567. The highest BCUT2D eigenvalue weighted by atomic mass is 32.2. The number of carbonyl (C=O) groups excluding carboxylic acids is 1. The van der Waals surface area contributed by atoms with E-state index in [2.05, 4.69) is 4.74 Å². The molecule has 2 N–H and O–H groups in total. The van der Waals surface area contributed by atoms with Gasteiger partial charge in [0.05, 0.1) is 19.3 Å². The van der Waals surface area contributed by atoms with Gasteiger partial charge in [0, 0.05) is 18.3 Å². The molecule has 0 aliphatic heterocycles. The monoisotopic (exact) mass is 314 g/mol. The summed E-state index contributed by atoms with van der Waals surface area (Å²) in [6.07, 6.45) is -0.149. The normalized spacial score (nSPS) is 11.9. The van der Waals surface area contributed by atoms with E-state index in [0.717, 1.165) is 5.56 Å². The largest absolute Gasteiger partial charge is 0.469 e. The van der Waals surface area contributed by atoms with Crippen molar-refractivity contribution in [3.05, 3.63) is 29.8 Å². The summed E-state index contributed by atoms with van der Waals surface area (Å²) >= 11 is 0. The molecule has 0 saturated heterocycles. The number of benzene rings is 1. The Balaban J connectivity index is 2.85. The van der Waals surface area contributed by atoms with Gasteiger partial charge in [0.2, 0.25) is 10.0 Å². The van der Waals surface area contributed by atoms with Crippen LogP contribution in [0.3, 0.4) is 0 Å². The second-order valence-corrected chi connectivity index (χ2v) is 7.06. The van der Waals surface area contributed by atoms with Crippen molar-refractivity contribution >= 4 is 21.7 Å². The van der Waals surface area contributed by atoms with Gasteiger partial charge in [-0.3, -0.25) is 4.79 Å². The fraction of sp³-hybridized carbons (Fsp3) is 0.500. The number of nitrogens with two attached hydrogens (primary N) is 1. The molecule has 0 heterocycles. The number of anilines is 1. The second kappa shape index (κ2) is 7.42. The van der Waals surface area contributed by atoms with E-state index < -0.39 is 16.0 Å². The number of nitrogen functional groups attached to an aromatic ring is 1. The Morgan fingerprint density at radius 2 is 1.86 bits per heavy atom. The number of hydrogen-bond acceptors (Lipinski definition) is 5. The number of sulfonamides is 1. The summed E-state index contributed by atoms with van der Waals surface area (Å²) in [5.74, 6) is -0.790. The van der Waals surface area contributed by atoms with Gasteiger partial charge in [0.15, 0.2) is 0 Å². The number of carbonyl (C=O) groups is 1. The first-order chi connectivity index (χ1) is 9.76. The molecule has 0 spiro atoms. The van der Waals surface area contributed by atoms with Crippen molar-refractivity contribution in [3.63, 3.8) is 0 Å². The van der Waals surface area contributed by atoms with Crippen molar-refractivity contribution in [1.82, 2.24) is 4.31 Å². The lowest BCUT2D eigenvalue weighted by atomic mass is 10.2. The van der Waals surface area contributed by atoms with Crippen molar-refractivity contribution in [2.24, 2.45) is 0 Å². The molecule has 0 amide bonds. The van der Waals surface area contributed by atoms with E-state index in [4.69, 9.17) is 5.73 Å². The van der Waals surface area contributed by atoms with Gasteiger partial charge in [-0.25, -0.2) is 8.42 Å². The lowest BCUT2D eigenvalue weighted by molar-refractivity contribution is -0.140. The molecule has 0 aromatic heterocycles. The summed E-state index contributed by atoms with van der Waals surface area (Å²) in [5.41, 5.74) is 7.09. The smallest absolute Gasteiger partial charge is 0.306 e. The highest BCUT2D eigenvalue weighted by Gasteiger charge is 2.25. The number of rotatable bonds is 7. The first-order valence-corrected chi connectivity index (χ1v) is 8.28. The van der Waals surface area contributed by atoms with Gasteiger partial charge in [-0.2, -0.15) is 4.31 Å². The minimum Gasteiger partial charge on any atom is -0.469 e. The molecule has 0 radical (unpaired) electrons. The number of ether oxygens (including phenoxy) is 1. The van der Waals surface area contributed by atoms with Crippen LogP contribution in [0.4, 0.5) is 5.69 Å². The van der Waals surface area contributed by atoms with E-state index in [0.29, 0.717) is 5.69 Å². The third kappa shape index (κ3) is 5.35. The third-order valence-corrected chi connectivity index (χ3v) is 5.03. The standard InChI is InChI=1S/C14H22N2O4S/c1-11(2)16(10-12-4-6-13(15)7-5-12)21(18,19)9-8-14(17)20-3/h4-7,11H,8-10,15H2,1-3H3. The number of nitrogens with zero attached hydrogens (tertiary/aromatic N) is 1. The average Bonchev–Trinajstić information content (AvgIpc) is 2.43. The topological polar surface area (TPSA) is 89.7 Å². The fourth-order valence-electron chi connectivity index (χ4n) is 1.84. The summed E-state index contributed by atoms with van der Waals surface area (Å²) in [5, 5.41) is 0. The van der Waals surface area contributed by atoms with Gasteiger partial charge in [0.1, 0.15) is 0 Å². The predicted octanol–water partition coefficient (Wildman–Crippen LogP) is 1.37. The first kappa shape index (κ1) is 17.5. The van der Waals surface area contributed by atoms with Crippen LogP contribution in [0.1, 0.15) is 25.8 Å². The van der Waals surface area contributed by atoms with Gasteiger partial charge in [-0.1, -0.05) is 12.1 Å². The zero-order valence-corrected chi connectivity index (χ0v) is 13.4. The molecular formula is C14H22N2O4S. The molecule has 1 rings (SSSR count). The van der Waals surface area contributed by atoms with Gasteiger partial charge in [-0.05, 0) is 31.5 Å². The van der Waals surface area contributed by atoms with Gasteiger partial charge in [0.25, 0.3) is 0 Å². The average molecular weight is 314 g/mol. The molecule has 0 bridgehead atoms. The van der Waals surface area contributed by atoms with Crippen molar-refractivity contribution < 1.29 is 17.9 Å². The highest BCUT2D eigenvalue weighted by molar-refractivity contribution is 7.89. The van der Waals surface area contributed by atoms with Gasteiger partial charge >= 0.3 is 5.97 Å². The van der Waals surface area contributed by atoms with Gasteiger partial charge < -0.3 is 10.5 Å². The van der Waals surface area contributed by atoms with Crippen molar-refractivity contribution in [2.75, 3.05) is 18.6 Å². The van der Waals surface area contributed by atoms with Crippen LogP contribution in [0, 0.1) is 0 Å². The van der Waals surface area contributed by atoms with E-state index >= 15 is 0 Å². The van der Waals surface area contributed by atoms with E-state index in [9.17, 15) is 13.2 Å². The van der Waals surface area contributed by atoms with Crippen LogP contribution in [0.2, 0.25) is 0 Å². The van der Waals surface area contributed by atoms with Crippen LogP contribution in [0.15, 0.2) is 24.3 Å². The van der Waals surface area contributed by atoms with E-state index in [1.807, 2.05) is 0 Å². The van der Waals surface area contributed by atoms with Crippen LogP contribution in [-0.2, 0) is 26.1 Å². The molecule has 118 valence electrons. The molecule has 0 aliphatic carbocycles. The van der Waals surface area contributed by atoms with E-state index in [1.165, 1.54) is 11.4 Å². The number of esters is 1. The van der Waals surface area contributed by atoms with E-state index in [1.54, 1.807) is 38.1 Å². The van der Waals surface area contributed by atoms with Gasteiger partial charge in [-0.15, -0.1) is 0 Å². The van der Waals surface area contributed by atoms with Crippen LogP contribution >= 0.6 is 0 Å². The Kier molecular flexibility index (Phi) is 6.17. The minimum absolute atomic E-state index is 0.149. The zero-order valence-electron chi connectivity index (χ0n) is 12.6. The third-order valence-electron chi connectivity index (χ3n) is 3.04. The Morgan fingerprint density at radius 1 is 1.29 bits per heavy atom. The van der Waals surface area contributed by atoms with Crippen molar-refractivity contribution in [3.8, 4) is 0 Å². The van der Waals surface area contributed by atoms with Crippen LogP contribution < -0.4 is 5.73 Å². The SMILES string of the molecule is COC(=O)CCS(=O)(=O)N(Cc1ccc(N)cc1)C(C)C. The molecule has 0 atom stereocenters. The van der Waals surface area contributed by atoms with Crippen molar-refractivity contribution in [2.45, 2.75) is 32.9 Å². The molecule has 0 fully saturated rings. The quantitative estimate of drug-likeness (QED) is 0.606. The van der Waals surface area contributed by atoms with Crippen LogP contribution in [0.5, 0.6) is 0 Å². The summed E-state index contributed by atoms with van der Waals surface area (Å²) in [6, 6.07) is 6.84. The number of hydrogen-bond donors (Lipinski definition) is 1. The van der Waals surface area contributed by atoms with Crippen molar-refractivity contribution in [1.29, 1.82) is 0 Å². The molecule has 0 aliphatic rings. The fourth-order valence-corrected chi connectivity index (χ4v) is 3.48. The molecule has 7 heteroatoms. The second-order valence-electron chi connectivity index (χ2n) is 5.02. The highest BCUT2D eigenvalue weighted by Crippen LogP contribution is 2.16. The molecule has 6 nitrogen and oxygen atoms in total. The van der Waals surface area contributed by atoms with E-state index in [-0.39, 0.29) is 24.8 Å². The predicted molar refractivity (Wildman–Crippen MR) is 82.0 cm³/mol. The molecule has 21 heavy (non-hydrogen) atoms. The summed E-state index contributed by atoms with van der Waals surface area (Å²) in [6.45, 7) is 3.85. The molecule has 1 aromatic carbocycles. The Morgan fingerprint density at radius 3 is 2.33 bits per heavy atom. The minimum atomic E-state index is -3.53. The Labute approximate surface area is 125 Å². The molecule has 0 unspecified atom stereocenters. The first-order valence-electron chi connectivity index (χ1n) is 6.67. The molecule has 0 saturated carbocycles. The maximum absolute atomic E-state index is 12.4. The number of methoxy groups -OCH3 is 1. The van der Waals surface area contributed by atoms with Crippen LogP contribution in [-0.4, -0.2) is 37.6 Å². The summed E-state index contributed by atoms with van der Waals surface area (Å²) < 4.78 is 30.6. The molecule has 1 aromatic rings. The maximum Gasteiger partial charge on any atom is 0.306 e. The lowest BCUT2D eigenvalue weighted by Gasteiger charge is -2.26. The summed E-state index contributed by atoms with van der Waals surface area (Å²) in [7, 11) is -2.29. The lowest BCUT2D eigenvalue weighted by Crippen LogP contribution is -2.38. The summed E-state index contributed by atoms with van der Waals surface area (Å²) in [4.78, 5) is 11.1. The maximum atomic E-state index is 12.4. The molecular weight excluding hydrogens is 292 g/mol. The van der Waals surface area contributed by atoms with Crippen LogP contribution in [0.25, 0.3) is 0 Å². The Hall–Kier alpha value is -1.60.